The number of aromatic nitrogens is 5. The summed E-state index contributed by atoms with van der Waals surface area (Å²) in [4.78, 5) is 6.83. The first kappa shape index (κ1) is 17.7. The number of benzene rings is 1. The third kappa shape index (κ3) is 3.88. The van der Waals surface area contributed by atoms with Crippen LogP contribution in [0.4, 0.5) is 5.69 Å². The first-order valence-corrected chi connectivity index (χ1v) is 9.64. The Labute approximate surface area is 160 Å². The molecule has 27 heavy (non-hydrogen) atoms. The maximum Gasteiger partial charge on any atom is 0.162 e. The maximum atomic E-state index is 4.55. The van der Waals surface area contributed by atoms with Crippen molar-refractivity contribution in [3.63, 3.8) is 0 Å². The SMILES string of the molecule is C[C@@H](Cn1ccnc1-c1cn(C2CCNCC2)nn1)N(C)c1ccccc1. The fourth-order valence-corrected chi connectivity index (χ4v) is 3.64. The third-order valence-electron chi connectivity index (χ3n) is 5.42. The summed E-state index contributed by atoms with van der Waals surface area (Å²) in [6.45, 7) is 5.14. The average molecular weight is 365 g/mol. The largest absolute Gasteiger partial charge is 0.370 e. The summed E-state index contributed by atoms with van der Waals surface area (Å²) in [5, 5.41) is 12.2. The number of nitrogens with one attached hydrogen (secondary N) is 1. The van der Waals surface area contributed by atoms with E-state index >= 15 is 0 Å². The molecule has 3 heterocycles. The van der Waals surface area contributed by atoms with Gasteiger partial charge in [0.2, 0.25) is 0 Å². The van der Waals surface area contributed by atoms with Crippen molar-refractivity contribution < 1.29 is 0 Å². The van der Waals surface area contributed by atoms with E-state index in [-0.39, 0.29) is 0 Å². The number of anilines is 1. The monoisotopic (exact) mass is 365 g/mol. The number of hydrogen-bond donors (Lipinski definition) is 1. The third-order valence-corrected chi connectivity index (χ3v) is 5.42. The van der Waals surface area contributed by atoms with E-state index in [2.05, 4.69) is 68.3 Å². The molecular weight excluding hydrogens is 338 g/mol. The standard InChI is InChI=1S/C20H27N7/c1-16(25(2)17-6-4-3-5-7-17)14-26-13-12-22-20(26)19-15-27(24-23-19)18-8-10-21-11-9-18/h3-7,12-13,15-16,18,21H,8-11,14H2,1-2H3/t16-/m0/s1. The van der Waals surface area contributed by atoms with E-state index in [4.69, 9.17) is 0 Å². The number of para-hydroxylation sites is 1. The molecule has 1 saturated heterocycles. The molecule has 142 valence electrons. The predicted molar refractivity (Wildman–Crippen MR) is 107 cm³/mol. The Morgan fingerprint density at radius 1 is 1.22 bits per heavy atom. The molecule has 0 aliphatic carbocycles. The minimum Gasteiger partial charge on any atom is -0.370 e. The predicted octanol–water partition coefficient (Wildman–Crippen LogP) is 2.59. The van der Waals surface area contributed by atoms with Crippen molar-refractivity contribution in [2.24, 2.45) is 0 Å². The highest BCUT2D eigenvalue weighted by Gasteiger charge is 2.19. The Kier molecular flexibility index (Phi) is 5.20. The van der Waals surface area contributed by atoms with Gasteiger partial charge >= 0.3 is 0 Å². The van der Waals surface area contributed by atoms with Crippen LogP contribution in [0.2, 0.25) is 0 Å². The van der Waals surface area contributed by atoms with Crippen LogP contribution in [-0.4, -0.2) is 50.7 Å². The Balaban J connectivity index is 1.49. The highest BCUT2D eigenvalue weighted by molar-refractivity contribution is 5.48. The summed E-state index contributed by atoms with van der Waals surface area (Å²) in [6, 6.07) is 11.2. The summed E-state index contributed by atoms with van der Waals surface area (Å²) < 4.78 is 4.18. The van der Waals surface area contributed by atoms with Gasteiger partial charge in [0, 0.05) is 37.7 Å². The number of piperidine rings is 1. The zero-order chi connectivity index (χ0) is 18.6. The van der Waals surface area contributed by atoms with Gasteiger partial charge in [-0.05, 0) is 45.0 Å². The molecule has 2 aromatic heterocycles. The minimum absolute atomic E-state index is 0.319. The second kappa shape index (κ2) is 7.92. The van der Waals surface area contributed by atoms with Crippen LogP contribution < -0.4 is 10.2 Å². The smallest absolute Gasteiger partial charge is 0.162 e. The number of rotatable bonds is 6. The Hall–Kier alpha value is -2.67. The zero-order valence-electron chi connectivity index (χ0n) is 16.0. The van der Waals surface area contributed by atoms with E-state index in [9.17, 15) is 0 Å². The normalized spacial score (nSPS) is 16.4. The van der Waals surface area contributed by atoms with Crippen molar-refractivity contribution in [1.29, 1.82) is 0 Å². The molecule has 1 N–H and O–H groups in total. The van der Waals surface area contributed by atoms with Crippen LogP contribution in [0.5, 0.6) is 0 Å². The molecule has 0 saturated carbocycles. The van der Waals surface area contributed by atoms with Crippen molar-refractivity contribution in [3.8, 4) is 11.5 Å². The fraction of sp³-hybridized carbons (Fsp3) is 0.450. The zero-order valence-corrected chi connectivity index (χ0v) is 16.0. The van der Waals surface area contributed by atoms with Crippen molar-refractivity contribution in [1.82, 2.24) is 29.9 Å². The van der Waals surface area contributed by atoms with Crippen LogP contribution in [0.25, 0.3) is 11.5 Å². The van der Waals surface area contributed by atoms with E-state index in [1.54, 1.807) is 0 Å². The Bertz CT molecular complexity index is 848. The first-order chi connectivity index (χ1) is 13.2. The van der Waals surface area contributed by atoms with Crippen molar-refractivity contribution in [2.45, 2.75) is 38.4 Å². The highest BCUT2D eigenvalue weighted by atomic mass is 15.4. The lowest BCUT2D eigenvalue weighted by molar-refractivity contribution is 0.337. The van der Waals surface area contributed by atoms with Crippen LogP contribution in [0.1, 0.15) is 25.8 Å². The average Bonchev–Trinajstić information content (AvgIpc) is 3.38. The van der Waals surface area contributed by atoms with Gasteiger partial charge in [0.05, 0.1) is 12.2 Å². The molecule has 7 heteroatoms. The Morgan fingerprint density at radius 2 is 2.00 bits per heavy atom. The highest BCUT2D eigenvalue weighted by Crippen LogP contribution is 2.22. The van der Waals surface area contributed by atoms with E-state index in [0.29, 0.717) is 12.1 Å². The molecule has 1 aliphatic heterocycles. The maximum absolute atomic E-state index is 4.55. The van der Waals surface area contributed by atoms with Crippen molar-refractivity contribution in [3.05, 3.63) is 48.9 Å². The van der Waals surface area contributed by atoms with Gasteiger partial charge in [-0.2, -0.15) is 0 Å². The second-order valence-electron chi connectivity index (χ2n) is 7.26. The molecule has 7 nitrogen and oxygen atoms in total. The van der Waals surface area contributed by atoms with Gasteiger partial charge in [-0.1, -0.05) is 23.4 Å². The van der Waals surface area contributed by atoms with Crippen molar-refractivity contribution in [2.75, 3.05) is 25.0 Å². The van der Waals surface area contributed by atoms with Gasteiger partial charge in [-0.3, -0.25) is 0 Å². The lowest BCUT2D eigenvalue weighted by Gasteiger charge is -2.27. The second-order valence-corrected chi connectivity index (χ2v) is 7.26. The van der Waals surface area contributed by atoms with Crippen molar-refractivity contribution >= 4 is 5.69 Å². The van der Waals surface area contributed by atoms with E-state index in [1.807, 2.05) is 29.3 Å². The molecule has 0 bridgehead atoms. The van der Waals surface area contributed by atoms with Crippen LogP contribution in [0.15, 0.2) is 48.9 Å². The van der Waals surface area contributed by atoms with Gasteiger partial charge in [-0.25, -0.2) is 9.67 Å². The van der Waals surface area contributed by atoms with Gasteiger partial charge < -0.3 is 14.8 Å². The van der Waals surface area contributed by atoms with Gasteiger partial charge in [0.15, 0.2) is 5.82 Å². The molecule has 3 aromatic rings. The quantitative estimate of drug-likeness (QED) is 0.727. The van der Waals surface area contributed by atoms with E-state index in [1.165, 1.54) is 5.69 Å². The summed E-state index contributed by atoms with van der Waals surface area (Å²) in [7, 11) is 2.13. The molecule has 0 amide bonds. The topological polar surface area (TPSA) is 63.8 Å². The number of nitrogens with zero attached hydrogens (tertiary/aromatic N) is 6. The number of hydrogen-bond acceptors (Lipinski definition) is 5. The van der Waals surface area contributed by atoms with E-state index in [0.717, 1.165) is 44.0 Å². The molecule has 1 aromatic carbocycles. The summed E-state index contributed by atoms with van der Waals surface area (Å²) >= 11 is 0. The molecule has 1 fully saturated rings. The molecule has 1 atom stereocenters. The summed E-state index contributed by atoms with van der Waals surface area (Å²) in [6.07, 6.45) is 8.09. The van der Waals surface area contributed by atoms with Gasteiger partial charge in [-0.15, -0.1) is 5.10 Å². The van der Waals surface area contributed by atoms with Crippen LogP contribution in [-0.2, 0) is 6.54 Å². The molecular formula is C20H27N7. The lowest BCUT2D eigenvalue weighted by Crippen LogP contribution is -2.32. The number of likely N-dealkylation sites (N-methyl/N-ethyl adjacent to an activating group) is 1. The van der Waals surface area contributed by atoms with Gasteiger partial charge in [0.25, 0.3) is 0 Å². The molecule has 0 radical (unpaired) electrons. The summed E-state index contributed by atoms with van der Waals surface area (Å²) in [5.74, 6) is 0.878. The van der Waals surface area contributed by atoms with Crippen LogP contribution >= 0.6 is 0 Å². The van der Waals surface area contributed by atoms with E-state index < -0.39 is 0 Å². The molecule has 1 aliphatic rings. The molecule has 0 spiro atoms. The lowest BCUT2D eigenvalue weighted by atomic mass is 10.1. The first-order valence-electron chi connectivity index (χ1n) is 9.64. The molecule has 4 rings (SSSR count). The molecule has 0 unspecified atom stereocenters. The minimum atomic E-state index is 0.319. The Morgan fingerprint density at radius 3 is 2.78 bits per heavy atom. The van der Waals surface area contributed by atoms with Crippen LogP contribution in [0, 0.1) is 0 Å². The van der Waals surface area contributed by atoms with Crippen LogP contribution in [0.3, 0.4) is 0 Å². The summed E-state index contributed by atoms with van der Waals surface area (Å²) in [5.41, 5.74) is 2.05. The fourth-order valence-electron chi connectivity index (χ4n) is 3.64. The number of imidazole rings is 1. The van der Waals surface area contributed by atoms with Gasteiger partial charge in [0.1, 0.15) is 5.69 Å².